The maximum absolute atomic E-state index is 12.3. The molecule has 6 nitrogen and oxygen atoms in total. The molecule has 1 aromatic heterocycles. The Morgan fingerprint density at radius 1 is 1.40 bits per heavy atom. The van der Waals surface area contributed by atoms with Crippen LogP contribution in [0.1, 0.15) is 54.4 Å². The summed E-state index contributed by atoms with van der Waals surface area (Å²) in [5, 5.41) is 9.76. The van der Waals surface area contributed by atoms with Crippen LogP contribution in [-0.2, 0) is 22.4 Å². The van der Waals surface area contributed by atoms with Crippen molar-refractivity contribution in [2.75, 3.05) is 7.11 Å². The quantitative estimate of drug-likeness (QED) is 0.797. The molecule has 0 aliphatic heterocycles. The van der Waals surface area contributed by atoms with E-state index in [1.54, 1.807) is 0 Å². The van der Waals surface area contributed by atoms with Crippen molar-refractivity contribution in [2.24, 2.45) is 0 Å². The Bertz CT molecular complexity index is 496. The van der Waals surface area contributed by atoms with Gasteiger partial charge in [0.15, 0.2) is 5.69 Å². The lowest BCUT2D eigenvalue weighted by molar-refractivity contribution is -0.143. The van der Waals surface area contributed by atoms with Gasteiger partial charge in [0.05, 0.1) is 7.11 Å². The summed E-state index contributed by atoms with van der Waals surface area (Å²) in [5.74, 6) is -0.710. The maximum atomic E-state index is 12.3. The molecule has 0 spiro atoms. The second kappa shape index (κ2) is 6.54. The van der Waals surface area contributed by atoms with Crippen LogP contribution < -0.4 is 5.32 Å². The van der Waals surface area contributed by atoms with Crippen LogP contribution in [0.15, 0.2) is 0 Å². The van der Waals surface area contributed by atoms with Crippen LogP contribution in [0.3, 0.4) is 0 Å². The fourth-order valence-electron chi connectivity index (χ4n) is 2.58. The zero-order chi connectivity index (χ0) is 14.5. The first-order chi connectivity index (χ1) is 9.67. The summed E-state index contributed by atoms with van der Waals surface area (Å²) in [6.07, 6.45) is 5.35. The molecule has 0 unspecified atom stereocenters. The SMILES string of the molecule is CCC[C@H](NC(=O)c1n[nH]c2c1CCCC2)C(=O)OC. The second-order valence-corrected chi connectivity index (χ2v) is 5.07. The number of aromatic nitrogens is 2. The highest BCUT2D eigenvalue weighted by molar-refractivity contribution is 5.96. The summed E-state index contributed by atoms with van der Waals surface area (Å²) >= 11 is 0. The first-order valence-corrected chi connectivity index (χ1v) is 7.12. The number of amides is 1. The van der Waals surface area contributed by atoms with Crippen molar-refractivity contribution in [3.8, 4) is 0 Å². The first-order valence-electron chi connectivity index (χ1n) is 7.12. The average molecular weight is 279 g/mol. The number of H-pyrrole nitrogens is 1. The van der Waals surface area contributed by atoms with Crippen LogP contribution in [0, 0.1) is 0 Å². The van der Waals surface area contributed by atoms with Crippen molar-refractivity contribution in [1.29, 1.82) is 0 Å². The molecule has 0 aromatic carbocycles. The lowest BCUT2D eigenvalue weighted by Gasteiger charge is -2.16. The topological polar surface area (TPSA) is 84.1 Å². The van der Waals surface area contributed by atoms with Crippen molar-refractivity contribution >= 4 is 11.9 Å². The monoisotopic (exact) mass is 279 g/mol. The Morgan fingerprint density at radius 2 is 2.15 bits per heavy atom. The number of hydrogen-bond acceptors (Lipinski definition) is 4. The molecule has 110 valence electrons. The van der Waals surface area contributed by atoms with Crippen LogP contribution in [0.25, 0.3) is 0 Å². The van der Waals surface area contributed by atoms with E-state index in [1.165, 1.54) is 7.11 Å². The minimum absolute atomic E-state index is 0.298. The third kappa shape index (κ3) is 3.00. The van der Waals surface area contributed by atoms with Gasteiger partial charge in [0.2, 0.25) is 0 Å². The number of aromatic amines is 1. The summed E-state index contributed by atoms with van der Waals surface area (Å²) in [5.41, 5.74) is 2.46. The van der Waals surface area contributed by atoms with Gasteiger partial charge < -0.3 is 10.1 Å². The van der Waals surface area contributed by atoms with Crippen LogP contribution in [-0.4, -0.2) is 35.2 Å². The van der Waals surface area contributed by atoms with Gasteiger partial charge in [-0.2, -0.15) is 5.10 Å². The van der Waals surface area contributed by atoms with E-state index in [0.717, 1.165) is 43.4 Å². The van der Waals surface area contributed by atoms with Gasteiger partial charge >= 0.3 is 5.97 Å². The lowest BCUT2D eigenvalue weighted by Crippen LogP contribution is -2.41. The predicted octanol–water partition coefficient (Wildman–Crippen LogP) is 1.36. The van der Waals surface area contributed by atoms with Gasteiger partial charge in [0.1, 0.15) is 6.04 Å². The highest BCUT2D eigenvalue weighted by Gasteiger charge is 2.26. The number of nitrogens with zero attached hydrogens (tertiary/aromatic N) is 1. The molecule has 1 aliphatic carbocycles. The summed E-state index contributed by atoms with van der Waals surface area (Å²) in [7, 11) is 1.33. The molecular formula is C14H21N3O3. The average Bonchev–Trinajstić information content (AvgIpc) is 2.90. The lowest BCUT2D eigenvalue weighted by atomic mass is 9.95. The largest absolute Gasteiger partial charge is 0.467 e. The minimum Gasteiger partial charge on any atom is -0.467 e. The van der Waals surface area contributed by atoms with Gasteiger partial charge in [-0.15, -0.1) is 0 Å². The van der Waals surface area contributed by atoms with Crippen molar-refractivity contribution < 1.29 is 14.3 Å². The molecule has 0 radical (unpaired) electrons. The van der Waals surface area contributed by atoms with Gasteiger partial charge in [0.25, 0.3) is 5.91 Å². The number of rotatable bonds is 5. The summed E-state index contributed by atoms with van der Waals surface area (Å²) in [6.45, 7) is 1.96. The van der Waals surface area contributed by atoms with E-state index in [4.69, 9.17) is 4.74 Å². The molecule has 2 N–H and O–H groups in total. The van der Waals surface area contributed by atoms with Gasteiger partial charge in [-0.05, 0) is 32.1 Å². The Labute approximate surface area is 118 Å². The standard InChI is InChI=1S/C14H21N3O3/c1-3-6-11(14(19)20-2)15-13(18)12-9-7-4-5-8-10(9)16-17-12/h11H,3-8H2,1-2H3,(H,15,18)(H,16,17)/t11-/m0/s1. The number of aryl methyl sites for hydroxylation is 1. The van der Waals surface area contributed by atoms with Crippen LogP contribution in [0.5, 0.6) is 0 Å². The van der Waals surface area contributed by atoms with Crippen molar-refractivity contribution in [3.05, 3.63) is 17.0 Å². The fraction of sp³-hybridized carbons (Fsp3) is 0.643. The van der Waals surface area contributed by atoms with Crippen molar-refractivity contribution in [1.82, 2.24) is 15.5 Å². The van der Waals surface area contributed by atoms with E-state index in [1.807, 2.05) is 6.92 Å². The Kier molecular flexibility index (Phi) is 4.76. The van der Waals surface area contributed by atoms with E-state index in [0.29, 0.717) is 12.1 Å². The van der Waals surface area contributed by atoms with E-state index in [-0.39, 0.29) is 5.91 Å². The zero-order valence-corrected chi connectivity index (χ0v) is 12.0. The summed E-state index contributed by atoms with van der Waals surface area (Å²) in [4.78, 5) is 23.9. The molecule has 1 amide bonds. The van der Waals surface area contributed by atoms with E-state index >= 15 is 0 Å². The second-order valence-electron chi connectivity index (χ2n) is 5.07. The van der Waals surface area contributed by atoms with E-state index in [2.05, 4.69) is 15.5 Å². The maximum Gasteiger partial charge on any atom is 0.328 e. The number of hydrogen-bond donors (Lipinski definition) is 2. The molecule has 6 heteroatoms. The fourth-order valence-corrected chi connectivity index (χ4v) is 2.58. The van der Waals surface area contributed by atoms with Gasteiger partial charge in [0, 0.05) is 11.3 Å². The summed E-state index contributed by atoms with van der Waals surface area (Å²) < 4.78 is 4.71. The molecular weight excluding hydrogens is 258 g/mol. The smallest absolute Gasteiger partial charge is 0.328 e. The molecule has 0 saturated heterocycles. The number of carbonyl (C=O) groups is 2. The summed E-state index contributed by atoms with van der Waals surface area (Å²) in [6, 6.07) is -0.603. The predicted molar refractivity (Wildman–Crippen MR) is 73.4 cm³/mol. The highest BCUT2D eigenvalue weighted by atomic mass is 16.5. The molecule has 1 aliphatic rings. The highest BCUT2D eigenvalue weighted by Crippen LogP contribution is 2.22. The molecule has 2 rings (SSSR count). The van der Waals surface area contributed by atoms with E-state index < -0.39 is 12.0 Å². The Hall–Kier alpha value is -1.85. The van der Waals surface area contributed by atoms with Gasteiger partial charge in [-0.3, -0.25) is 9.89 Å². The zero-order valence-electron chi connectivity index (χ0n) is 12.0. The van der Waals surface area contributed by atoms with Crippen molar-refractivity contribution in [3.63, 3.8) is 0 Å². The van der Waals surface area contributed by atoms with Crippen LogP contribution in [0.4, 0.5) is 0 Å². The van der Waals surface area contributed by atoms with Crippen LogP contribution in [0.2, 0.25) is 0 Å². The number of nitrogens with one attached hydrogen (secondary N) is 2. The number of ether oxygens (including phenoxy) is 1. The number of fused-ring (bicyclic) bond motifs is 1. The van der Waals surface area contributed by atoms with Gasteiger partial charge in [-0.1, -0.05) is 13.3 Å². The first kappa shape index (κ1) is 14.6. The van der Waals surface area contributed by atoms with Gasteiger partial charge in [-0.25, -0.2) is 4.79 Å². The number of esters is 1. The molecule has 1 heterocycles. The van der Waals surface area contributed by atoms with Crippen molar-refractivity contribution in [2.45, 2.75) is 51.5 Å². The number of carbonyl (C=O) groups excluding carboxylic acids is 2. The molecule has 20 heavy (non-hydrogen) atoms. The number of methoxy groups -OCH3 is 1. The normalized spacial score (nSPS) is 15.3. The third-order valence-electron chi connectivity index (χ3n) is 3.64. The van der Waals surface area contributed by atoms with Crippen LogP contribution >= 0.6 is 0 Å². The Morgan fingerprint density at radius 3 is 2.85 bits per heavy atom. The molecule has 1 atom stereocenters. The molecule has 0 fully saturated rings. The van der Waals surface area contributed by atoms with E-state index in [9.17, 15) is 9.59 Å². The molecule has 0 bridgehead atoms. The molecule has 0 saturated carbocycles. The Balaban J connectivity index is 2.10. The molecule has 1 aromatic rings. The minimum atomic E-state index is -0.603. The third-order valence-corrected chi connectivity index (χ3v) is 3.64.